The molecule has 0 aliphatic carbocycles. The molecule has 4 nitrogen and oxygen atoms in total. The zero-order valence-corrected chi connectivity index (χ0v) is 17.2. The standard InChI is InChI=1S/C24H23NO3S/c1-18-12-15-20(16-13-18)29(26,27)25-22(17-14-19-8-4-3-5-9-19)24(25)21-10-6-7-11-23(21)28-2/h3-17,22,24H,1-2H3/b17-14+/t22-,24+,25?/m0/s1. The molecule has 1 unspecified atom stereocenters. The van der Waals surface area contributed by atoms with Crippen LogP contribution in [-0.4, -0.2) is 25.9 Å². The van der Waals surface area contributed by atoms with E-state index in [0.29, 0.717) is 10.6 Å². The molecular formula is C24H23NO3S. The van der Waals surface area contributed by atoms with E-state index in [0.717, 1.165) is 16.7 Å². The van der Waals surface area contributed by atoms with Crippen LogP contribution < -0.4 is 4.74 Å². The Morgan fingerprint density at radius 3 is 2.24 bits per heavy atom. The van der Waals surface area contributed by atoms with Crippen LogP contribution in [0, 0.1) is 6.92 Å². The molecule has 0 bridgehead atoms. The monoisotopic (exact) mass is 405 g/mol. The second-order valence-electron chi connectivity index (χ2n) is 7.10. The van der Waals surface area contributed by atoms with Crippen LogP contribution in [0.5, 0.6) is 5.75 Å². The van der Waals surface area contributed by atoms with Gasteiger partial charge in [0.15, 0.2) is 0 Å². The summed E-state index contributed by atoms with van der Waals surface area (Å²) in [5.41, 5.74) is 2.93. The zero-order valence-electron chi connectivity index (χ0n) is 16.4. The summed E-state index contributed by atoms with van der Waals surface area (Å²) in [6, 6.07) is 23.9. The lowest BCUT2D eigenvalue weighted by molar-refractivity contribution is 0.408. The lowest BCUT2D eigenvalue weighted by Gasteiger charge is -2.09. The molecule has 1 aliphatic heterocycles. The Hall–Kier alpha value is -2.89. The van der Waals surface area contributed by atoms with Crippen LogP contribution in [0.25, 0.3) is 6.08 Å². The van der Waals surface area contributed by atoms with Crippen molar-refractivity contribution in [2.24, 2.45) is 0 Å². The van der Waals surface area contributed by atoms with Gasteiger partial charge in [-0.15, -0.1) is 0 Å². The number of hydrogen-bond donors (Lipinski definition) is 0. The van der Waals surface area contributed by atoms with Gasteiger partial charge in [0.05, 0.1) is 24.1 Å². The molecule has 0 spiro atoms. The number of para-hydroxylation sites is 1. The first-order chi connectivity index (χ1) is 14.0. The van der Waals surface area contributed by atoms with Gasteiger partial charge < -0.3 is 4.74 Å². The number of hydrogen-bond acceptors (Lipinski definition) is 3. The van der Waals surface area contributed by atoms with Gasteiger partial charge in [-0.2, -0.15) is 4.31 Å². The van der Waals surface area contributed by atoms with Gasteiger partial charge >= 0.3 is 0 Å². The normalized spacial score (nSPS) is 21.2. The van der Waals surface area contributed by atoms with E-state index in [4.69, 9.17) is 4.74 Å². The Labute approximate surface area is 172 Å². The summed E-state index contributed by atoms with van der Waals surface area (Å²) >= 11 is 0. The van der Waals surface area contributed by atoms with Crippen molar-refractivity contribution in [3.05, 3.63) is 102 Å². The fraction of sp³-hybridized carbons (Fsp3) is 0.167. The van der Waals surface area contributed by atoms with E-state index >= 15 is 0 Å². The Balaban J connectivity index is 1.72. The van der Waals surface area contributed by atoms with E-state index in [1.807, 2.05) is 85.8 Å². The van der Waals surface area contributed by atoms with E-state index in [1.165, 1.54) is 0 Å². The second-order valence-corrected chi connectivity index (χ2v) is 8.94. The summed E-state index contributed by atoms with van der Waals surface area (Å²) in [6.45, 7) is 1.94. The molecule has 1 aliphatic rings. The highest BCUT2D eigenvalue weighted by molar-refractivity contribution is 7.89. The van der Waals surface area contributed by atoms with E-state index < -0.39 is 10.0 Å². The molecule has 1 heterocycles. The van der Waals surface area contributed by atoms with Crippen molar-refractivity contribution < 1.29 is 13.2 Å². The minimum atomic E-state index is -3.63. The maximum atomic E-state index is 13.4. The van der Waals surface area contributed by atoms with Crippen molar-refractivity contribution in [1.29, 1.82) is 0 Å². The Bertz CT molecular complexity index is 1120. The largest absolute Gasteiger partial charge is 0.496 e. The van der Waals surface area contributed by atoms with Gasteiger partial charge in [-0.05, 0) is 30.7 Å². The molecule has 1 fully saturated rings. The Morgan fingerprint density at radius 2 is 1.55 bits per heavy atom. The van der Waals surface area contributed by atoms with E-state index in [1.54, 1.807) is 23.5 Å². The predicted octanol–water partition coefficient (Wildman–Crippen LogP) is 4.83. The molecule has 3 atom stereocenters. The van der Waals surface area contributed by atoms with Crippen LogP contribution in [0.4, 0.5) is 0 Å². The van der Waals surface area contributed by atoms with Gasteiger partial charge in [0.2, 0.25) is 10.0 Å². The van der Waals surface area contributed by atoms with Gasteiger partial charge in [0, 0.05) is 5.56 Å². The third kappa shape index (κ3) is 3.84. The lowest BCUT2D eigenvalue weighted by atomic mass is 10.1. The van der Waals surface area contributed by atoms with Crippen molar-refractivity contribution in [1.82, 2.24) is 4.31 Å². The number of ether oxygens (including phenoxy) is 1. The Kier molecular flexibility index (Phi) is 5.26. The molecule has 3 aromatic carbocycles. The number of sulfonamides is 1. The van der Waals surface area contributed by atoms with Crippen molar-refractivity contribution in [2.75, 3.05) is 7.11 Å². The van der Waals surface area contributed by atoms with E-state index in [2.05, 4.69) is 0 Å². The van der Waals surface area contributed by atoms with Gasteiger partial charge in [0.25, 0.3) is 0 Å². The molecule has 0 radical (unpaired) electrons. The first kappa shape index (κ1) is 19.4. The minimum absolute atomic E-state index is 0.266. The van der Waals surface area contributed by atoms with Crippen LogP contribution in [0.1, 0.15) is 22.7 Å². The fourth-order valence-corrected chi connectivity index (χ4v) is 5.28. The van der Waals surface area contributed by atoms with Gasteiger partial charge in [0.1, 0.15) is 5.75 Å². The molecule has 0 aromatic heterocycles. The molecule has 4 rings (SSSR count). The van der Waals surface area contributed by atoms with Crippen LogP contribution in [0.2, 0.25) is 0 Å². The maximum Gasteiger partial charge on any atom is 0.244 e. The number of aryl methyl sites for hydroxylation is 1. The average Bonchev–Trinajstić information content (AvgIpc) is 3.48. The van der Waals surface area contributed by atoms with Gasteiger partial charge in [-0.25, -0.2) is 8.42 Å². The molecule has 0 saturated carbocycles. The molecule has 5 heteroatoms. The molecule has 0 amide bonds. The second kappa shape index (κ2) is 7.85. The van der Waals surface area contributed by atoms with E-state index in [-0.39, 0.29) is 12.1 Å². The summed E-state index contributed by atoms with van der Waals surface area (Å²) in [4.78, 5) is 0.304. The topological polar surface area (TPSA) is 46.4 Å². The number of methoxy groups -OCH3 is 1. The third-order valence-corrected chi connectivity index (χ3v) is 7.03. The number of rotatable bonds is 6. The van der Waals surface area contributed by atoms with Crippen molar-refractivity contribution in [3.8, 4) is 5.75 Å². The summed E-state index contributed by atoms with van der Waals surface area (Å²) in [5.74, 6) is 0.692. The fourth-order valence-electron chi connectivity index (χ4n) is 3.57. The van der Waals surface area contributed by atoms with Gasteiger partial charge in [-0.3, -0.25) is 0 Å². The quantitative estimate of drug-likeness (QED) is 0.552. The Morgan fingerprint density at radius 1 is 0.897 bits per heavy atom. The predicted molar refractivity (Wildman–Crippen MR) is 115 cm³/mol. The summed E-state index contributed by atoms with van der Waals surface area (Å²) < 4.78 is 33.8. The smallest absolute Gasteiger partial charge is 0.244 e. The minimum Gasteiger partial charge on any atom is -0.496 e. The summed E-state index contributed by atoms with van der Waals surface area (Å²) in [7, 11) is -2.03. The molecular weight excluding hydrogens is 382 g/mol. The molecule has 1 saturated heterocycles. The van der Waals surface area contributed by atoms with Crippen LogP contribution in [0.15, 0.2) is 89.8 Å². The highest BCUT2D eigenvalue weighted by atomic mass is 32.2. The molecule has 3 aromatic rings. The maximum absolute atomic E-state index is 13.4. The van der Waals surface area contributed by atoms with Crippen LogP contribution in [-0.2, 0) is 10.0 Å². The van der Waals surface area contributed by atoms with Gasteiger partial charge in [-0.1, -0.05) is 78.4 Å². The number of nitrogens with zero attached hydrogens (tertiary/aromatic N) is 1. The lowest BCUT2D eigenvalue weighted by Crippen LogP contribution is -2.14. The third-order valence-electron chi connectivity index (χ3n) is 5.14. The first-order valence-corrected chi connectivity index (χ1v) is 10.9. The van der Waals surface area contributed by atoms with Crippen LogP contribution >= 0.6 is 0 Å². The van der Waals surface area contributed by atoms with Crippen molar-refractivity contribution >= 4 is 16.1 Å². The number of benzene rings is 3. The highest BCUT2D eigenvalue weighted by Gasteiger charge is 2.55. The van der Waals surface area contributed by atoms with Crippen LogP contribution in [0.3, 0.4) is 0 Å². The average molecular weight is 406 g/mol. The summed E-state index contributed by atoms with van der Waals surface area (Å²) in [6.07, 6.45) is 3.93. The molecule has 29 heavy (non-hydrogen) atoms. The molecule has 0 N–H and O–H groups in total. The summed E-state index contributed by atoms with van der Waals surface area (Å²) in [5, 5.41) is 0. The van der Waals surface area contributed by atoms with E-state index in [9.17, 15) is 8.42 Å². The highest BCUT2D eigenvalue weighted by Crippen LogP contribution is 2.51. The zero-order chi connectivity index (χ0) is 20.4. The first-order valence-electron chi connectivity index (χ1n) is 9.49. The van der Waals surface area contributed by atoms with Crippen molar-refractivity contribution in [2.45, 2.75) is 23.9 Å². The molecule has 148 valence electrons. The van der Waals surface area contributed by atoms with Crippen molar-refractivity contribution in [3.63, 3.8) is 0 Å². The SMILES string of the molecule is COc1ccccc1[C@@H]1[C@H](/C=C/c2ccccc2)N1S(=O)(=O)c1ccc(C)cc1.